The number of benzene rings is 1. The second-order valence-corrected chi connectivity index (χ2v) is 4.56. The van der Waals surface area contributed by atoms with Crippen molar-refractivity contribution < 1.29 is 9.53 Å². The Morgan fingerprint density at radius 2 is 2.05 bits per heavy atom. The van der Waals surface area contributed by atoms with Gasteiger partial charge in [-0.15, -0.1) is 5.10 Å². The van der Waals surface area contributed by atoms with E-state index in [1.165, 1.54) is 0 Å². The number of nitrogens with zero attached hydrogens (tertiary/aromatic N) is 3. The Balaban J connectivity index is 2.22. The van der Waals surface area contributed by atoms with E-state index in [0.29, 0.717) is 12.4 Å². The number of aliphatic imine (C=N–C) groups is 1. The molecule has 1 unspecified atom stereocenters. The Labute approximate surface area is 123 Å². The van der Waals surface area contributed by atoms with Crippen molar-refractivity contribution in [2.24, 2.45) is 4.99 Å². The molecule has 0 aliphatic carbocycles. The van der Waals surface area contributed by atoms with Crippen molar-refractivity contribution in [1.29, 1.82) is 0 Å². The lowest BCUT2D eigenvalue weighted by Crippen LogP contribution is -2.12. The molecule has 0 fully saturated rings. The normalized spacial score (nSPS) is 11.7. The van der Waals surface area contributed by atoms with Crippen LogP contribution in [0, 0.1) is 0 Å². The molecule has 2 rings (SSSR count). The van der Waals surface area contributed by atoms with Crippen molar-refractivity contribution in [1.82, 2.24) is 10.2 Å². The number of ether oxygens (including phenoxy) is 1. The molecule has 1 heterocycles. The summed E-state index contributed by atoms with van der Waals surface area (Å²) in [4.78, 5) is 15.5. The molecule has 0 radical (unpaired) electrons. The van der Waals surface area contributed by atoms with Gasteiger partial charge in [-0.3, -0.25) is 4.79 Å². The molecule has 0 spiro atoms. The number of hydrogen-bond donors (Lipinski definition) is 0. The summed E-state index contributed by atoms with van der Waals surface area (Å²) in [5.41, 5.74) is 2.80. The van der Waals surface area contributed by atoms with Crippen molar-refractivity contribution in [3.63, 3.8) is 0 Å². The van der Waals surface area contributed by atoms with Crippen LogP contribution in [0.3, 0.4) is 0 Å². The van der Waals surface area contributed by atoms with Crippen molar-refractivity contribution in [2.75, 3.05) is 6.61 Å². The number of carbonyl (C=O) groups excluding carboxylic acids is 1. The molecule has 0 saturated carbocycles. The predicted octanol–water partition coefficient (Wildman–Crippen LogP) is 3.14. The molecule has 21 heavy (non-hydrogen) atoms. The van der Waals surface area contributed by atoms with Crippen molar-refractivity contribution >= 4 is 18.5 Å². The van der Waals surface area contributed by atoms with Crippen LogP contribution in [0.5, 0.6) is 0 Å². The fraction of sp³-hybridized carbons (Fsp3) is 0.250. The van der Waals surface area contributed by atoms with Crippen LogP contribution in [0.1, 0.15) is 25.3 Å². The zero-order valence-electron chi connectivity index (χ0n) is 12.1. The summed E-state index contributed by atoms with van der Waals surface area (Å²) in [6.07, 6.45) is 1.67. The van der Waals surface area contributed by atoms with Gasteiger partial charge in [-0.2, -0.15) is 5.10 Å². The topological polar surface area (TPSA) is 64.4 Å². The molecule has 0 bridgehead atoms. The SMILES string of the molecule is C=Nc1cc(-c2ccc(C(C)C(=O)OCC)cc2)cnn1. The lowest BCUT2D eigenvalue weighted by molar-refractivity contribution is -0.144. The van der Waals surface area contributed by atoms with Gasteiger partial charge in [0.1, 0.15) is 0 Å². The van der Waals surface area contributed by atoms with Crippen molar-refractivity contribution in [3.05, 3.63) is 42.1 Å². The fourth-order valence-electron chi connectivity index (χ4n) is 1.96. The maximum Gasteiger partial charge on any atom is 0.313 e. The highest BCUT2D eigenvalue weighted by molar-refractivity contribution is 5.78. The van der Waals surface area contributed by atoms with E-state index in [-0.39, 0.29) is 11.9 Å². The molecule has 5 nitrogen and oxygen atoms in total. The number of esters is 1. The van der Waals surface area contributed by atoms with Crippen molar-refractivity contribution in [2.45, 2.75) is 19.8 Å². The maximum absolute atomic E-state index is 11.7. The second-order valence-electron chi connectivity index (χ2n) is 4.56. The van der Waals surface area contributed by atoms with Gasteiger partial charge in [-0.05, 0) is 37.8 Å². The third-order valence-electron chi connectivity index (χ3n) is 3.19. The molecule has 1 atom stereocenters. The minimum Gasteiger partial charge on any atom is -0.466 e. The first-order chi connectivity index (χ1) is 10.2. The minimum absolute atomic E-state index is 0.214. The molecule has 5 heteroatoms. The molecule has 108 valence electrons. The lowest BCUT2D eigenvalue weighted by Gasteiger charge is -2.11. The van der Waals surface area contributed by atoms with Crippen LogP contribution in [0.4, 0.5) is 5.82 Å². The first-order valence-corrected chi connectivity index (χ1v) is 6.72. The highest BCUT2D eigenvalue weighted by Crippen LogP contribution is 2.24. The van der Waals surface area contributed by atoms with E-state index in [1.807, 2.05) is 37.3 Å². The number of hydrogen-bond acceptors (Lipinski definition) is 5. The molecule has 0 N–H and O–H groups in total. The number of carbonyl (C=O) groups is 1. The van der Waals surface area contributed by atoms with Gasteiger partial charge in [-0.1, -0.05) is 24.3 Å². The van der Waals surface area contributed by atoms with E-state index in [4.69, 9.17) is 4.74 Å². The van der Waals surface area contributed by atoms with Gasteiger partial charge in [0, 0.05) is 5.56 Å². The summed E-state index contributed by atoms with van der Waals surface area (Å²) in [6, 6.07) is 9.52. The van der Waals surface area contributed by atoms with Gasteiger partial charge in [0.15, 0.2) is 5.82 Å². The van der Waals surface area contributed by atoms with Gasteiger partial charge in [0.2, 0.25) is 0 Å². The Hall–Kier alpha value is -2.56. The third kappa shape index (κ3) is 3.51. The van der Waals surface area contributed by atoms with E-state index in [0.717, 1.165) is 16.7 Å². The van der Waals surface area contributed by atoms with E-state index in [1.54, 1.807) is 13.1 Å². The molecule has 1 aromatic heterocycles. The quantitative estimate of drug-likeness (QED) is 0.624. The standard InChI is InChI=1S/C16H17N3O2/c1-4-21-16(20)11(2)12-5-7-13(8-6-12)14-9-15(17-3)19-18-10-14/h5-11H,3-4H2,1-2H3. The van der Waals surface area contributed by atoms with Gasteiger partial charge in [-0.25, -0.2) is 4.99 Å². The van der Waals surface area contributed by atoms with Crippen LogP contribution in [-0.4, -0.2) is 29.5 Å². The first kappa shape index (κ1) is 14.8. The summed E-state index contributed by atoms with van der Waals surface area (Å²) < 4.78 is 5.03. The summed E-state index contributed by atoms with van der Waals surface area (Å²) in [5.74, 6) is -0.00888. The highest BCUT2D eigenvalue weighted by atomic mass is 16.5. The molecular weight excluding hydrogens is 266 g/mol. The van der Waals surface area contributed by atoms with E-state index in [2.05, 4.69) is 21.9 Å². The summed E-state index contributed by atoms with van der Waals surface area (Å²) in [7, 11) is 0. The van der Waals surface area contributed by atoms with Crippen LogP contribution in [0.15, 0.2) is 41.5 Å². The van der Waals surface area contributed by atoms with E-state index in [9.17, 15) is 4.79 Å². The average molecular weight is 283 g/mol. The summed E-state index contributed by atoms with van der Waals surface area (Å²) in [6.45, 7) is 7.46. The van der Waals surface area contributed by atoms with Gasteiger partial charge in [0.25, 0.3) is 0 Å². The van der Waals surface area contributed by atoms with Crippen LogP contribution < -0.4 is 0 Å². The molecule has 0 amide bonds. The van der Waals surface area contributed by atoms with Crippen LogP contribution in [-0.2, 0) is 9.53 Å². The Kier molecular flexibility index (Phi) is 4.77. The second kappa shape index (κ2) is 6.74. The Bertz CT molecular complexity index is 638. The fourth-order valence-corrected chi connectivity index (χ4v) is 1.96. The van der Waals surface area contributed by atoms with Gasteiger partial charge >= 0.3 is 5.97 Å². The van der Waals surface area contributed by atoms with E-state index >= 15 is 0 Å². The molecular formula is C16H17N3O2. The number of aromatic nitrogens is 2. The molecule has 2 aromatic rings. The predicted molar refractivity (Wildman–Crippen MR) is 81.7 cm³/mol. The molecule has 1 aromatic carbocycles. The Morgan fingerprint density at radius 1 is 1.33 bits per heavy atom. The van der Waals surface area contributed by atoms with Gasteiger partial charge < -0.3 is 4.74 Å². The van der Waals surface area contributed by atoms with Gasteiger partial charge in [0.05, 0.1) is 18.7 Å². The number of rotatable bonds is 5. The van der Waals surface area contributed by atoms with Crippen LogP contribution in [0.2, 0.25) is 0 Å². The zero-order valence-corrected chi connectivity index (χ0v) is 12.1. The van der Waals surface area contributed by atoms with Crippen molar-refractivity contribution in [3.8, 4) is 11.1 Å². The monoisotopic (exact) mass is 283 g/mol. The zero-order chi connectivity index (χ0) is 15.2. The maximum atomic E-state index is 11.7. The highest BCUT2D eigenvalue weighted by Gasteiger charge is 2.16. The minimum atomic E-state index is -0.278. The summed E-state index contributed by atoms with van der Waals surface area (Å²) in [5, 5.41) is 7.72. The smallest absolute Gasteiger partial charge is 0.313 e. The lowest BCUT2D eigenvalue weighted by atomic mass is 9.98. The first-order valence-electron chi connectivity index (χ1n) is 6.72. The Morgan fingerprint density at radius 3 is 2.67 bits per heavy atom. The van der Waals surface area contributed by atoms with Crippen LogP contribution >= 0.6 is 0 Å². The largest absolute Gasteiger partial charge is 0.466 e. The summed E-state index contributed by atoms with van der Waals surface area (Å²) >= 11 is 0. The van der Waals surface area contributed by atoms with Crippen LogP contribution in [0.25, 0.3) is 11.1 Å². The third-order valence-corrected chi connectivity index (χ3v) is 3.19. The molecule has 0 saturated heterocycles. The molecule has 0 aliphatic rings. The van der Waals surface area contributed by atoms with E-state index < -0.39 is 0 Å². The average Bonchev–Trinajstić information content (AvgIpc) is 2.54. The molecule has 0 aliphatic heterocycles.